The molecule has 2 saturated heterocycles. The Morgan fingerprint density at radius 1 is 1.29 bits per heavy atom. The highest BCUT2D eigenvalue weighted by molar-refractivity contribution is 7.22. The standard InChI is InChI=1S/C19H25N3O5S/c1-25-15-3-2-14(12-10-26-8-9-27-11-12)17-16(15)20-18(28-17)21-19(24)22-6-4-13(23)5-7-22/h2-3,12-13,23H,4-11H2,1H3,(H,20,21,24). The third kappa shape index (κ3) is 4.07. The van der Waals surface area contributed by atoms with Crippen LogP contribution in [0.4, 0.5) is 9.93 Å². The summed E-state index contributed by atoms with van der Waals surface area (Å²) in [5, 5.41) is 13.1. The third-order valence-corrected chi connectivity index (χ3v) is 6.19. The van der Waals surface area contributed by atoms with Crippen LogP contribution in [0.5, 0.6) is 5.75 Å². The number of carbonyl (C=O) groups excluding carboxylic acids is 1. The Hall–Kier alpha value is -1.94. The molecule has 0 unspecified atom stereocenters. The fraction of sp³-hybridized carbons (Fsp3) is 0.579. The molecule has 0 spiro atoms. The van der Waals surface area contributed by atoms with Crippen LogP contribution < -0.4 is 10.1 Å². The number of aromatic nitrogens is 1. The number of benzene rings is 1. The topological polar surface area (TPSA) is 93.2 Å². The second-order valence-corrected chi connectivity index (χ2v) is 8.05. The van der Waals surface area contributed by atoms with Crippen molar-refractivity contribution < 1.29 is 24.1 Å². The van der Waals surface area contributed by atoms with Crippen LogP contribution in [0.3, 0.4) is 0 Å². The molecule has 8 nitrogen and oxygen atoms in total. The molecule has 1 aromatic heterocycles. The molecule has 28 heavy (non-hydrogen) atoms. The van der Waals surface area contributed by atoms with Gasteiger partial charge in [0.05, 0.1) is 44.3 Å². The minimum Gasteiger partial charge on any atom is -0.494 e. The van der Waals surface area contributed by atoms with E-state index in [9.17, 15) is 9.90 Å². The lowest BCUT2D eigenvalue weighted by molar-refractivity contribution is 0.0972. The van der Waals surface area contributed by atoms with Gasteiger partial charge in [-0.05, 0) is 24.5 Å². The van der Waals surface area contributed by atoms with Gasteiger partial charge in [0.1, 0.15) is 11.3 Å². The summed E-state index contributed by atoms with van der Waals surface area (Å²) in [6.07, 6.45) is 0.891. The summed E-state index contributed by atoms with van der Waals surface area (Å²) in [5.41, 5.74) is 1.83. The van der Waals surface area contributed by atoms with Gasteiger partial charge in [0.2, 0.25) is 0 Å². The monoisotopic (exact) mass is 407 g/mol. The number of urea groups is 1. The average molecular weight is 407 g/mol. The first-order valence-corrected chi connectivity index (χ1v) is 10.3. The van der Waals surface area contributed by atoms with Gasteiger partial charge in [-0.3, -0.25) is 5.32 Å². The van der Waals surface area contributed by atoms with Crippen molar-refractivity contribution in [1.29, 1.82) is 0 Å². The highest BCUT2D eigenvalue weighted by Crippen LogP contribution is 2.38. The van der Waals surface area contributed by atoms with Crippen molar-refractivity contribution >= 4 is 32.7 Å². The summed E-state index contributed by atoms with van der Waals surface area (Å²) in [6, 6.07) is 3.74. The Morgan fingerprint density at radius 3 is 2.68 bits per heavy atom. The van der Waals surface area contributed by atoms with E-state index >= 15 is 0 Å². The number of aliphatic hydroxyl groups excluding tert-OH is 1. The Balaban J connectivity index is 1.59. The van der Waals surface area contributed by atoms with Crippen molar-refractivity contribution in [1.82, 2.24) is 9.88 Å². The number of ether oxygens (including phenoxy) is 3. The average Bonchev–Trinajstić information content (AvgIpc) is 2.94. The molecule has 1 aromatic carbocycles. The first-order valence-electron chi connectivity index (χ1n) is 9.52. The number of anilines is 1. The lowest BCUT2D eigenvalue weighted by Crippen LogP contribution is -2.42. The summed E-state index contributed by atoms with van der Waals surface area (Å²) in [4.78, 5) is 18.9. The maximum Gasteiger partial charge on any atom is 0.323 e. The summed E-state index contributed by atoms with van der Waals surface area (Å²) < 4.78 is 17.8. The molecule has 2 N–H and O–H groups in total. The largest absolute Gasteiger partial charge is 0.494 e. The van der Waals surface area contributed by atoms with Gasteiger partial charge in [-0.2, -0.15) is 0 Å². The molecule has 2 amide bonds. The maximum atomic E-state index is 12.6. The van der Waals surface area contributed by atoms with Gasteiger partial charge in [0.15, 0.2) is 5.13 Å². The molecule has 2 aliphatic heterocycles. The summed E-state index contributed by atoms with van der Waals surface area (Å²) >= 11 is 1.44. The number of thiazole rings is 1. The first-order chi connectivity index (χ1) is 13.7. The van der Waals surface area contributed by atoms with Gasteiger partial charge in [-0.1, -0.05) is 17.4 Å². The number of nitrogens with one attached hydrogen (secondary N) is 1. The van der Waals surface area contributed by atoms with Crippen molar-refractivity contribution in [2.75, 3.05) is 51.9 Å². The Labute approximate surface area is 167 Å². The van der Waals surface area contributed by atoms with E-state index in [1.165, 1.54) is 11.3 Å². The number of fused-ring (bicyclic) bond motifs is 1. The van der Waals surface area contributed by atoms with Gasteiger partial charge in [0, 0.05) is 19.0 Å². The number of hydrogen-bond acceptors (Lipinski definition) is 7. The molecule has 4 rings (SSSR count). The normalized spacial score (nSPS) is 19.6. The van der Waals surface area contributed by atoms with Crippen LogP contribution in [-0.4, -0.2) is 73.8 Å². The molecular formula is C19H25N3O5S. The Bertz CT molecular complexity index is 826. The Kier molecular flexibility index (Phi) is 5.96. The maximum absolute atomic E-state index is 12.6. The van der Waals surface area contributed by atoms with Crippen molar-refractivity contribution in [2.24, 2.45) is 0 Å². The molecular weight excluding hydrogens is 382 g/mol. The third-order valence-electron chi connectivity index (χ3n) is 5.17. The highest BCUT2D eigenvalue weighted by atomic mass is 32.1. The molecule has 152 valence electrons. The summed E-state index contributed by atoms with van der Waals surface area (Å²) in [6.45, 7) is 3.48. The van der Waals surface area contributed by atoms with Crippen LogP contribution >= 0.6 is 11.3 Å². The number of likely N-dealkylation sites (tertiary alicyclic amines) is 1. The number of amides is 2. The highest BCUT2D eigenvalue weighted by Gasteiger charge is 2.24. The van der Waals surface area contributed by atoms with E-state index in [0.717, 1.165) is 15.8 Å². The zero-order chi connectivity index (χ0) is 19.5. The van der Waals surface area contributed by atoms with Crippen LogP contribution in [0.25, 0.3) is 10.2 Å². The van der Waals surface area contributed by atoms with E-state index in [-0.39, 0.29) is 18.1 Å². The van der Waals surface area contributed by atoms with Crippen LogP contribution in [0.15, 0.2) is 12.1 Å². The predicted octanol–water partition coefficient (Wildman–Crippen LogP) is 2.42. The van der Waals surface area contributed by atoms with E-state index < -0.39 is 0 Å². The second-order valence-electron chi connectivity index (χ2n) is 7.05. The quantitative estimate of drug-likeness (QED) is 0.812. The lowest BCUT2D eigenvalue weighted by Gasteiger charge is -2.29. The predicted molar refractivity (Wildman–Crippen MR) is 106 cm³/mol. The number of hydrogen-bond donors (Lipinski definition) is 2. The van der Waals surface area contributed by atoms with Crippen LogP contribution in [0.2, 0.25) is 0 Å². The first kappa shape index (κ1) is 19.4. The summed E-state index contributed by atoms with van der Waals surface area (Å²) in [7, 11) is 1.61. The van der Waals surface area contributed by atoms with Gasteiger partial charge in [-0.15, -0.1) is 0 Å². The molecule has 2 fully saturated rings. The molecule has 0 bridgehead atoms. The number of aliphatic hydroxyl groups is 1. The minimum atomic E-state index is -0.317. The molecule has 0 aliphatic carbocycles. The molecule has 0 saturated carbocycles. The molecule has 2 aliphatic rings. The van der Waals surface area contributed by atoms with Crippen molar-refractivity contribution in [3.63, 3.8) is 0 Å². The smallest absolute Gasteiger partial charge is 0.323 e. The SMILES string of the molecule is COc1ccc(C2COCCOC2)c2sc(NC(=O)N3CCC(O)CC3)nc12. The van der Waals surface area contributed by atoms with E-state index in [1.54, 1.807) is 12.0 Å². The molecule has 9 heteroatoms. The zero-order valence-electron chi connectivity index (χ0n) is 15.8. The molecule has 3 heterocycles. The van der Waals surface area contributed by atoms with Crippen molar-refractivity contribution in [2.45, 2.75) is 24.9 Å². The number of carbonyl (C=O) groups is 1. The number of nitrogens with zero attached hydrogens (tertiary/aromatic N) is 2. The molecule has 2 aromatic rings. The van der Waals surface area contributed by atoms with E-state index in [4.69, 9.17) is 14.2 Å². The molecule has 0 atom stereocenters. The van der Waals surface area contributed by atoms with E-state index in [2.05, 4.69) is 10.3 Å². The number of methoxy groups -OCH3 is 1. The van der Waals surface area contributed by atoms with E-state index in [0.29, 0.717) is 63.2 Å². The van der Waals surface area contributed by atoms with E-state index in [1.807, 2.05) is 12.1 Å². The molecule has 0 radical (unpaired) electrons. The van der Waals surface area contributed by atoms with Crippen LogP contribution in [0, 0.1) is 0 Å². The minimum absolute atomic E-state index is 0.114. The zero-order valence-corrected chi connectivity index (χ0v) is 16.7. The second kappa shape index (κ2) is 8.60. The van der Waals surface area contributed by atoms with Crippen LogP contribution in [-0.2, 0) is 9.47 Å². The number of piperidine rings is 1. The van der Waals surface area contributed by atoms with Gasteiger partial charge < -0.3 is 24.2 Å². The van der Waals surface area contributed by atoms with Crippen LogP contribution in [0.1, 0.15) is 24.3 Å². The fourth-order valence-corrected chi connectivity index (χ4v) is 4.64. The fourth-order valence-electron chi connectivity index (χ4n) is 3.58. The Morgan fingerprint density at radius 2 is 2.00 bits per heavy atom. The van der Waals surface area contributed by atoms with Crippen molar-refractivity contribution in [3.05, 3.63) is 17.7 Å². The van der Waals surface area contributed by atoms with Gasteiger partial charge in [0.25, 0.3) is 0 Å². The lowest BCUT2D eigenvalue weighted by atomic mass is 10.0. The van der Waals surface area contributed by atoms with Gasteiger partial charge >= 0.3 is 6.03 Å². The number of rotatable bonds is 3. The summed E-state index contributed by atoms with van der Waals surface area (Å²) in [5.74, 6) is 0.788. The van der Waals surface area contributed by atoms with Crippen molar-refractivity contribution in [3.8, 4) is 5.75 Å². The van der Waals surface area contributed by atoms with Gasteiger partial charge in [-0.25, -0.2) is 9.78 Å².